The van der Waals surface area contributed by atoms with E-state index in [-0.39, 0.29) is 12.3 Å². The summed E-state index contributed by atoms with van der Waals surface area (Å²) in [6, 6.07) is 10.8. The van der Waals surface area contributed by atoms with Crippen LogP contribution in [0.2, 0.25) is 0 Å². The van der Waals surface area contributed by atoms with Gasteiger partial charge in [0, 0.05) is 24.7 Å². The number of carbonyl (C=O) groups excluding carboxylic acids is 1. The molecule has 0 unspecified atom stereocenters. The average Bonchev–Trinajstić information content (AvgIpc) is 3.27. The van der Waals surface area contributed by atoms with Crippen LogP contribution in [0.5, 0.6) is 0 Å². The van der Waals surface area contributed by atoms with Gasteiger partial charge in [-0.1, -0.05) is 0 Å². The van der Waals surface area contributed by atoms with E-state index in [0.29, 0.717) is 18.5 Å². The van der Waals surface area contributed by atoms with Gasteiger partial charge < -0.3 is 14.4 Å². The van der Waals surface area contributed by atoms with Crippen LogP contribution in [0.1, 0.15) is 39.5 Å². The van der Waals surface area contributed by atoms with Crippen LogP contribution in [0.15, 0.2) is 47.1 Å². The molecule has 28 heavy (non-hydrogen) atoms. The Morgan fingerprint density at radius 3 is 2.50 bits per heavy atom. The third-order valence-corrected chi connectivity index (χ3v) is 4.71. The minimum absolute atomic E-state index is 0.0722. The van der Waals surface area contributed by atoms with Gasteiger partial charge in [-0.25, -0.2) is 4.68 Å². The van der Waals surface area contributed by atoms with Gasteiger partial charge in [-0.05, 0) is 62.2 Å². The lowest BCUT2D eigenvalue weighted by Gasteiger charge is -2.16. The fourth-order valence-corrected chi connectivity index (χ4v) is 3.19. The van der Waals surface area contributed by atoms with E-state index in [9.17, 15) is 9.59 Å². The molecular weight excluding hydrogens is 358 g/mol. The average molecular weight is 381 g/mol. The predicted molar refractivity (Wildman–Crippen MR) is 104 cm³/mol. The lowest BCUT2D eigenvalue weighted by molar-refractivity contribution is -0.136. The van der Waals surface area contributed by atoms with E-state index in [1.165, 1.54) is 0 Å². The number of carboxylic acids is 1. The Bertz CT molecular complexity index is 972. The number of amides is 1. The van der Waals surface area contributed by atoms with Crippen LogP contribution >= 0.6 is 0 Å². The number of rotatable bonds is 7. The zero-order valence-electron chi connectivity index (χ0n) is 16.2. The summed E-state index contributed by atoms with van der Waals surface area (Å²) in [4.78, 5) is 25.1. The molecule has 0 spiro atoms. The summed E-state index contributed by atoms with van der Waals surface area (Å²) in [5.41, 5.74) is 4.07. The van der Waals surface area contributed by atoms with Crippen LogP contribution in [-0.2, 0) is 17.8 Å². The van der Waals surface area contributed by atoms with E-state index in [1.807, 2.05) is 32.0 Å². The number of furan rings is 1. The van der Waals surface area contributed by atoms with Crippen molar-refractivity contribution in [3.63, 3.8) is 0 Å². The number of aryl methyl sites for hydroxylation is 1. The Hall–Kier alpha value is -3.35. The van der Waals surface area contributed by atoms with Gasteiger partial charge in [0.1, 0.15) is 5.76 Å². The third kappa shape index (κ3) is 4.14. The Kier molecular flexibility index (Phi) is 5.63. The maximum atomic E-state index is 12.6. The number of benzene rings is 1. The van der Waals surface area contributed by atoms with Crippen LogP contribution < -0.4 is 0 Å². The van der Waals surface area contributed by atoms with Gasteiger partial charge in [-0.15, -0.1) is 0 Å². The summed E-state index contributed by atoms with van der Waals surface area (Å²) in [6.07, 6.45) is 2.10. The standard InChI is InChI=1S/C21H23N3O4/c1-14-19(10-11-20(25)26)15(2)24(22-14)17-8-6-16(7-9-17)21(27)23(3)13-18-5-4-12-28-18/h4-9,12H,10-11,13H2,1-3H3,(H,25,26). The molecular formula is C21H23N3O4. The summed E-state index contributed by atoms with van der Waals surface area (Å²) in [7, 11) is 1.73. The first-order valence-corrected chi connectivity index (χ1v) is 9.02. The van der Waals surface area contributed by atoms with Crippen LogP contribution in [0, 0.1) is 13.8 Å². The molecule has 7 nitrogen and oxygen atoms in total. The normalized spacial score (nSPS) is 10.8. The molecule has 0 fully saturated rings. The fourth-order valence-electron chi connectivity index (χ4n) is 3.19. The second-order valence-electron chi connectivity index (χ2n) is 6.74. The van der Waals surface area contributed by atoms with E-state index in [0.717, 1.165) is 28.4 Å². The molecule has 0 atom stereocenters. The van der Waals surface area contributed by atoms with Gasteiger partial charge in [0.05, 0.1) is 24.2 Å². The van der Waals surface area contributed by atoms with Crippen molar-refractivity contribution in [1.29, 1.82) is 0 Å². The molecule has 0 bridgehead atoms. The molecule has 0 aliphatic carbocycles. The lowest BCUT2D eigenvalue weighted by Crippen LogP contribution is -2.25. The van der Waals surface area contributed by atoms with Gasteiger partial charge in [-0.2, -0.15) is 5.10 Å². The molecule has 3 aromatic rings. The van der Waals surface area contributed by atoms with E-state index in [4.69, 9.17) is 9.52 Å². The number of aromatic nitrogens is 2. The molecule has 3 rings (SSSR count). The highest BCUT2D eigenvalue weighted by atomic mass is 16.4. The van der Waals surface area contributed by atoms with Crippen molar-refractivity contribution >= 4 is 11.9 Å². The van der Waals surface area contributed by atoms with E-state index in [1.54, 1.807) is 41.1 Å². The first-order chi connectivity index (χ1) is 13.4. The second-order valence-corrected chi connectivity index (χ2v) is 6.74. The van der Waals surface area contributed by atoms with Crippen molar-refractivity contribution in [1.82, 2.24) is 14.7 Å². The number of hydrogen-bond donors (Lipinski definition) is 1. The van der Waals surface area contributed by atoms with Crippen molar-refractivity contribution in [2.45, 2.75) is 33.2 Å². The van der Waals surface area contributed by atoms with Crippen molar-refractivity contribution in [3.8, 4) is 5.69 Å². The van der Waals surface area contributed by atoms with E-state index < -0.39 is 5.97 Å². The van der Waals surface area contributed by atoms with Gasteiger partial charge in [0.25, 0.3) is 5.91 Å². The van der Waals surface area contributed by atoms with Crippen molar-refractivity contribution in [2.75, 3.05) is 7.05 Å². The smallest absolute Gasteiger partial charge is 0.303 e. The summed E-state index contributed by atoms with van der Waals surface area (Å²) in [5.74, 6) is -0.199. The highest BCUT2D eigenvalue weighted by Gasteiger charge is 2.16. The van der Waals surface area contributed by atoms with Crippen molar-refractivity contribution in [2.24, 2.45) is 0 Å². The van der Waals surface area contributed by atoms with Crippen molar-refractivity contribution < 1.29 is 19.1 Å². The largest absolute Gasteiger partial charge is 0.481 e. The third-order valence-electron chi connectivity index (χ3n) is 4.71. The molecule has 0 radical (unpaired) electrons. The maximum Gasteiger partial charge on any atom is 0.303 e. The number of nitrogens with zero attached hydrogens (tertiary/aromatic N) is 3. The first kappa shape index (κ1) is 19.4. The Balaban J connectivity index is 1.76. The summed E-state index contributed by atoms with van der Waals surface area (Å²) >= 11 is 0. The van der Waals surface area contributed by atoms with Crippen LogP contribution in [0.25, 0.3) is 5.69 Å². The van der Waals surface area contributed by atoms with Crippen LogP contribution in [-0.4, -0.2) is 38.7 Å². The molecule has 1 amide bonds. The van der Waals surface area contributed by atoms with E-state index >= 15 is 0 Å². The first-order valence-electron chi connectivity index (χ1n) is 9.02. The van der Waals surface area contributed by atoms with Gasteiger partial charge in [-0.3, -0.25) is 9.59 Å². The molecule has 1 N–H and O–H groups in total. The Morgan fingerprint density at radius 1 is 1.18 bits per heavy atom. The zero-order valence-corrected chi connectivity index (χ0v) is 16.2. The van der Waals surface area contributed by atoms with Gasteiger partial charge >= 0.3 is 5.97 Å². The zero-order chi connectivity index (χ0) is 20.3. The van der Waals surface area contributed by atoms with Crippen LogP contribution in [0.3, 0.4) is 0 Å². The molecule has 0 aliphatic heterocycles. The highest BCUT2D eigenvalue weighted by molar-refractivity contribution is 5.94. The topological polar surface area (TPSA) is 88.6 Å². The molecule has 146 valence electrons. The monoisotopic (exact) mass is 381 g/mol. The fraction of sp³-hybridized carbons (Fsp3) is 0.286. The second kappa shape index (κ2) is 8.12. The van der Waals surface area contributed by atoms with Crippen LogP contribution in [0.4, 0.5) is 0 Å². The predicted octanol–water partition coefficient (Wildman–Crippen LogP) is 3.37. The molecule has 0 saturated heterocycles. The minimum Gasteiger partial charge on any atom is -0.481 e. The van der Waals surface area contributed by atoms with E-state index in [2.05, 4.69) is 5.10 Å². The number of carboxylic acid groups (broad SMARTS) is 1. The minimum atomic E-state index is -0.826. The lowest BCUT2D eigenvalue weighted by atomic mass is 10.1. The number of carbonyl (C=O) groups is 2. The summed E-state index contributed by atoms with van der Waals surface area (Å²) in [6.45, 7) is 4.20. The summed E-state index contributed by atoms with van der Waals surface area (Å²) < 4.78 is 7.07. The number of hydrogen-bond acceptors (Lipinski definition) is 4. The van der Waals surface area contributed by atoms with Gasteiger partial charge in [0.15, 0.2) is 0 Å². The number of aliphatic carboxylic acids is 1. The molecule has 2 aromatic heterocycles. The molecule has 7 heteroatoms. The quantitative estimate of drug-likeness (QED) is 0.678. The molecule has 0 aliphatic rings. The Labute approximate surface area is 163 Å². The highest BCUT2D eigenvalue weighted by Crippen LogP contribution is 2.20. The van der Waals surface area contributed by atoms with Crippen molar-refractivity contribution in [3.05, 3.63) is 70.9 Å². The Morgan fingerprint density at radius 2 is 1.89 bits per heavy atom. The summed E-state index contributed by atoms with van der Waals surface area (Å²) in [5, 5.41) is 13.5. The van der Waals surface area contributed by atoms with Gasteiger partial charge in [0.2, 0.25) is 0 Å². The maximum absolute atomic E-state index is 12.6. The SMILES string of the molecule is Cc1nn(-c2ccc(C(=O)N(C)Cc3ccco3)cc2)c(C)c1CCC(=O)O. The molecule has 0 saturated carbocycles. The molecule has 1 aromatic carbocycles. The molecule has 2 heterocycles.